The maximum absolute atomic E-state index is 6.51. The van der Waals surface area contributed by atoms with E-state index in [1.807, 2.05) is 60.7 Å². The number of fused-ring (bicyclic) bond motifs is 4. The van der Waals surface area contributed by atoms with Crippen LogP contribution in [0.15, 0.2) is 180 Å². The molecule has 0 fully saturated rings. The Bertz CT molecular complexity index is 2920. The fourth-order valence-electron chi connectivity index (χ4n) is 7.82. The number of aromatic nitrogens is 3. The Morgan fingerprint density at radius 2 is 1.20 bits per heavy atom. The molecule has 5 heteroatoms. The summed E-state index contributed by atoms with van der Waals surface area (Å²) in [7, 11) is 0. The summed E-state index contributed by atoms with van der Waals surface area (Å²) < 4.78 is 8.88. The van der Waals surface area contributed by atoms with E-state index in [4.69, 9.17) is 9.40 Å². The van der Waals surface area contributed by atoms with Crippen molar-refractivity contribution in [3.8, 4) is 50.6 Å². The first-order valence-corrected chi connectivity index (χ1v) is 20.0. The number of rotatable bonds is 7. The minimum absolute atomic E-state index is 0. The van der Waals surface area contributed by atoms with Crippen molar-refractivity contribution in [1.29, 1.82) is 0 Å². The number of nitrogens with zero attached hydrogens (tertiary/aromatic N) is 3. The van der Waals surface area contributed by atoms with Crippen LogP contribution in [-0.2, 0) is 20.1 Å². The van der Waals surface area contributed by atoms with Gasteiger partial charge in [-0.2, -0.15) is 0 Å². The van der Waals surface area contributed by atoms with Gasteiger partial charge in [0.2, 0.25) is 0 Å². The molecule has 3 aromatic heterocycles. The summed E-state index contributed by atoms with van der Waals surface area (Å²) in [5, 5.41) is 2.18. The van der Waals surface area contributed by atoms with E-state index in [1.165, 1.54) is 39.1 Å². The topological polar surface area (TPSA) is 43.9 Å². The van der Waals surface area contributed by atoms with Crippen molar-refractivity contribution in [2.75, 3.05) is 0 Å². The van der Waals surface area contributed by atoms with Crippen molar-refractivity contribution in [3.05, 3.63) is 199 Å². The first-order valence-electron chi connectivity index (χ1n) is 20.0. The maximum Gasteiger partial charge on any atom is 0.120 e. The van der Waals surface area contributed by atoms with Gasteiger partial charge in [0.05, 0.1) is 22.4 Å². The number of pyridine rings is 1. The second-order valence-electron chi connectivity index (χ2n) is 15.2. The van der Waals surface area contributed by atoms with E-state index in [2.05, 4.69) is 159 Å². The molecule has 0 aliphatic carbocycles. The Hall–Kier alpha value is -6.39. The molecule has 0 aliphatic rings. The molecule has 0 unspecified atom stereocenters. The average Bonchev–Trinajstić information content (AvgIpc) is 3.86. The molecule has 0 saturated carbocycles. The summed E-state index contributed by atoms with van der Waals surface area (Å²) in [5.74, 6) is 1.39. The number of hydrogen-bond donors (Lipinski definition) is 0. The van der Waals surface area contributed by atoms with Crippen LogP contribution < -0.4 is 0 Å². The Balaban J connectivity index is 0.000000319. The number of para-hydroxylation sites is 3. The van der Waals surface area contributed by atoms with Gasteiger partial charge in [0, 0.05) is 37.4 Å². The van der Waals surface area contributed by atoms with E-state index in [-0.39, 0.29) is 31.9 Å². The largest absolute Gasteiger partial charge is 0.501 e. The van der Waals surface area contributed by atoms with Crippen molar-refractivity contribution < 1.29 is 24.5 Å². The van der Waals surface area contributed by atoms with Crippen LogP contribution in [0, 0.1) is 12.1 Å². The second kappa shape index (κ2) is 17.2. The van der Waals surface area contributed by atoms with E-state index >= 15 is 0 Å². The minimum Gasteiger partial charge on any atom is -0.501 e. The number of benzene rings is 7. The van der Waals surface area contributed by atoms with Gasteiger partial charge in [-0.25, -0.2) is 0 Å². The molecule has 0 amide bonds. The third kappa shape index (κ3) is 7.80. The van der Waals surface area contributed by atoms with E-state index in [0.29, 0.717) is 0 Å². The van der Waals surface area contributed by atoms with E-state index in [9.17, 15) is 0 Å². The summed E-state index contributed by atoms with van der Waals surface area (Å²) in [6, 6.07) is 65.4. The van der Waals surface area contributed by atoms with Crippen molar-refractivity contribution >= 4 is 33.0 Å². The van der Waals surface area contributed by atoms with Crippen LogP contribution in [0.3, 0.4) is 0 Å². The van der Waals surface area contributed by atoms with Gasteiger partial charge in [-0.3, -0.25) is 4.98 Å². The zero-order valence-electron chi connectivity index (χ0n) is 33.5. The van der Waals surface area contributed by atoms with Crippen LogP contribution in [-0.4, -0.2) is 14.5 Å². The van der Waals surface area contributed by atoms with E-state index in [0.717, 1.165) is 55.6 Å². The van der Waals surface area contributed by atoms with Gasteiger partial charge in [0.25, 0.3) is 0 Å². The molecule has 0 bridgehead atoms. The van der Waals surface area contributed by atoms with Gasteiger partial charge in [-0.1, -0.05) is 136 Å². The molecule has 7 aromatic carbocycles. The standard InChI is InChI=1S/C43H35N2O.C11H8N.Ir/c1-27(2)36-25-32(31-23-21-30(22-24-31)29-13-6-5-7-14-29)26-37(28(3)4)41(36)45-39-19-10-9-18-38(39)44-43(45)35-17-12-16-34-33-15-8-11-20-40(33)46-42(34)35;1-2-6-10(7-3-1)11-8-4-5-9-12-11;/h5-16,18-28H,1-4H3;1-6,8-9H;/q2*-1;. The van der Waals surface area contributed by atoms with Crippen LogP contribution in [0.25, 0.3) is 83.6 Å². The van der Waals surface area contributed by atoms with Gasteiger partial charge in [0.15, 0.2) is 0 Å². The predicted molar refractivity (Wildman–Crippen MR) is 240 cm³/mol. The molecule has 0 aliphatic heterocycles. The van der Waals surface area contributed by atoms with E-state index < -0.39 is 0 Å². The summed E-state index contributed by atoms with van der Waals surface area (Å²) >= 11 is 0. The molecule has 0 spiro atoms. The van der Waals surface area contributed by atoms with Crippen LogP contribution in [0.5, 0.6) is 0 Å². The van der Waals surface area contributed by atoms with Crippen molar-refractivity contribution in [3.63, 3.8) is 0 Å². The van der Waals surface area contributed by atoms with Crippen molar-refractivity contribution in [2.24, 2.45) is 0 Å². The number of imidazole rings is 1. The molecule has 10 aromatic rings. The third-order valence-corrected chi connectivity index (χ3v) is 10.7. The van der Waals surface area contributed by atoms with E-state index in [1.54, 1.807) is 6.20 Å². The summed E-state index contributed by atoms with van der Waals surface area (Å²) in [4.78, 5) is 9.49. The normalized spacial score (nSPS) is 11.2. The summed E-state index contributed by atoms with van der Waals surface area (Å²) in [6.45, 7) is 9.15. The molecular formula is C54H43IrN3O-2. The molecule has 4 nitrogen and oxygen atoms in total. The average molecular weight is 942 g/mol. The first-order chi connectivity index (χ1) is 28.4. The van der Waals surface area contributed by atoms with Gasteiger partial charge in [0.1, 0.15) is 5.58 Å². The fraction of sp³-hybridized carbons (Fsp3) is 0.111. The zero-order valence-corrected chi connectivity index (χ0v) is 35.9. The second-order valence-corrected chi connectivity index (χ2v) is 15.2. The molecule has 0 saturated heterocycles. The molecule has 1 radical (unpaired) electrons. The Kier molecular flexibility index (Phi) is 11.5. The smallest absolute Gasteiger partial charge is 0.120 e. The quantitative estimate of drug-likeness (QED) is 0.150. The zero-order chi connectivity index (χ0) is 39.6. The van der Waals surface area contributed by atoms with Crippen LogP contribution in [0.1, 0.15) is 50.7 Å². The number of furan rings is 1. The van der Waals surface area contributed by atoms with Gasteiger partial charge < -0.3 is 14.0 Å². The first kappa shape index (κ1) is 39.4. The minimum atomic E-state index is 0. The van der Waals surface area contributed by atoms with Crippen LogP contribution >= 0.6 is 0 Å². The van der Waals surface area contributed by atoms with Gasteiger partial charge in [-0.05, 0) is 87.3 Å². The van der Waals surface area contributed by atoms with Gasteiger partial charge >= 0.3 is 0 Å². The monoisotopic (exact) mass is 942 g/mol. The fourth-order valence-corrected chi connectivity index (χ4v) is 7.82. The SMILES string of the molecule is CC(C)c1cc(-c2ccc(-c3ccccc3)cc2)cc(C(C)C)c1-n1c(-c2[c-]ccc3c2oc2ccccc23)nc2ccccc21.[Ir].[c-]1ccccc1-c1ccccn1. The van der Waals surface area contributed by atoms with Crippen molar-refractivity contribution in [2.45, 2.75) is 39.5 Å². The third-order valence-electron chi connectivity index (χ3n) is 10.7. The Morgan fingerprint density at radius 1 is 0.559 bits per heavy atom. The molecule has 59 heavy (non-hydrogen) atoms. The number of hydrogen-bond acceptors (Lipinski definition) is 3. The predicted octanol–water partition coefficient (Wildman–Crippen LogP) is 14.5. The summed E-state index contributed by atoms with van der Waals surface area (Å²) in [5.41, 5.74) is 15.2. The summed E-state index contributed by atoms with van der Waals surface area (Å²) in [6.07, 6.45) is 1.79. The Morgan fingerprint density at radius 3 is 1.90 bits per heavy atom. The maximum atomic E-state index is 6.51. The molecule has 0 atom stereocenters. The van der Waals surface area contributed by atoms with Crippen LogP contribution in [0.2, 0.25) is 0 Å². The molecular weight excluding hydrogens is 899 g/mol. The Labute approximate surface area is 359 Å². The van der Waals surface area contributed by atoms with Crippen molar-refractivity contribution in [1.82, 2.24) is 14.5 Å². The van der Waals surface area contributed by atoms with Crippen LogP contribution in [0.4, 0.5) is 0 Å². The molecule has 291 valence electrons. The molecule has 10 rings (SSSR count). The molecule has 0 N–H and O–H groups in total. The molecule has 3 heterocycles. The van der Waals surface area contributed by atoms with Gasteiger partial charge in [-0.15, -0.1) is 54.1 Å².